The van der Waals surface area contributed by atoms with Crippen molar-refractivity contribution in [1.82, 2.24) is 5.32 Å². The lowest BCUT2D eigenvalue weighted by Gasteiger charge is -2.37. The van der Waals surface area contributed by atoms with Gasteiger partial charge in [-0.3, -0.25) is 4.79 Å². The van der Waals surface area contributed by atoms with Crippen LogP contribution in [0.1, 0.15) is 45.4 Å². The van der Waals surface area contributed by atoms with Crippen molar-refractivity contribution in [2.75, 3.05) is 13.1 Å². The monoisotopic (exact) mass is 228 g/mol. The smallest absolute Gasteiger partial charge is 0.323 e. The lowest BCUT2D eigenvalue weighted by Crippen LogP contribution is -2.55. The Morgan fingerprint density at radius 2 is 2.12 bits per heavy atom. The van der Waals surface area contributed by atoms with Gasteiger partial charge in [0.25, 0.3) is 0 Å². The molecule has 0 aromatic heterocycles. The fraction of sp³-hybridized carbons (Fsp3) is 0.917. The molecule has 0 aliphatic heterocycles. The summed E-state index contributed by atoms with van der Waals surface area (Å²) in [7, 11) is 0. The highest BCUT2D eigenvalue weighted by Gasteiger charge is 2.40. The summed E-state index contributed by atoms with van der Waals surface area (Å²) in [5.41, 5.74) is 4.72. The molecule has 4 N–H and O–H groups in total. The minimum Gasteiger partial charge on any atom is -0.480 e. The number of aliphatic carboxylic acids is 1. The number of carbonyl (C=O) groups is 1. The van der Waals surface area contributed by atoms with Gasteiger partial charge >= 0.3 is 5.97 Å². The van der Waals surface area contributed by atoms with Crippen LogP contribution in [0.5, 0.6) is 0 Å². The molecule has 1 saturated carbocycles. The second-order valence-corrected chi connectivity index (χ2v) is 4.83. The molecule has 1 aliphatic carbocycles. The molecule has 0 heterocycles. The van der Waals surface area contributed by atoms with Crippen molar-refractivity contribution in [3.8, 4) is 0 Å². The van der Waals surface area contributed by atoms with Crippen LogP contribution >= 0.6 is 0 Å². The number of hydrogen-bond donors (Lipinski definition) is 3. The molecule has 16 heavy (non-hydrogen) atoms. The average molecular weight is 228 g/mol. The summed E-state index contributed by atoms with van der Waals surface area (Å²) in [5.74, 6) is 0.00745. The summed E-state index contributed by atoms with van der Waals surface area (Å²) in [6.45, 7) is 3.27. The Hall–Kier alpha value is -0.610. The largest absolute Gasteiger partial charge is 0.480 e. The molecule has 4 heteroatoms. The predicted octanol–water partition coefficient (Wildman–Crippen LogP) is 1.35. The molecule has 0 amide bonds. The van der Waals surface area contributed by atoms with Crippen molar-refractivity contribution in [1.29, 1.82) is 0 Å². The number of nitrogens with one attached hydrogen (secondary N) is 1. The summed E-state index contributed by atoms with van der Waals surface area (Å²) in [5, 5.41) is 12.5. The van der Waals surface area contributed by atoms with E-state index in [0.717, 1.165) is 31.6 Å². The fourth-order valence-corrected chi connectivity index (χ4v) is 2.65. The van der Waals surface area contributed by atoms with Gasteiger partial charge < -0.3 is 16.2 Å². The maximum absolute atomic E-state index is 11.3. The van der Waals surface area contributed by atoms with Crippen LogP contribution in [0.4, 0.5) is 0 Å². The van der Waals surface area contributed by atoms with E-state index in [-0.39, 0.29) is 0 Å². The first kappa shape index (κ1) is 13.5. The summed E-state index contributed by atoms with van der Waals surface area (Å²) in [6.07, 6.45) is 5.96. The zero-order chi connectivity index (χ0) is 12.0. The van der Waals surface area contributed by atoms with Gasteiger partial charge in [0.1, 0.15) is 5.54 Å². The Bertz CT molecular complexity index is 223. The minimum atomic E-state index is -0.712. The van der Waals surface area contributed by atoms with Crippen LogP contribution < -0.4 is 11.1 Å². The molecule has 0 bridgehead atoms. The quantitative estimate of drug-likeness (QED) is 0.641. The van der Waals surface area contributed by atoms with Gasteiger partial charge in [-0.1, -0.05) is 19.8 Å². The molecule has 0 atom stereocenters. The molecule has 1 rings (SSSR count). The highest BCUT2D eigenvalue weighted by molar-refractivity contribution is 5.78. The normalized spacial score (nSPS) is 30.2. The average Bonchev–Trinajstić information content (AvgIpc) is 2.28. The highest BCUT2D eigenvalue weighted by Crippen LogP contribution is 2.34. The first-order chi connectivity index (χ1) is 7.64. The van der Waals surface area contributed by atoms with Crippen LogP contribution in [-0.4, -0.2) is 29.7 Å². The van der Waals surface area contributed by atoms with Gasteiger partial charge in [0, 0.05) is 13.1 Å². The van der Waals surface area contributed by atoms with Gasteiger partial charge in [-0.15, -0.1) is 0 Å². The first-order valence-electron chi connectivity index (χ1n) is 6.33. The lowest BCUT2D eigenvalue weighted by atomic mass is 9.75. The number of carboxylic acid groups (broad SMARTS) is 1. The van der Waals surface area contributed by atoms with Crippen molar-refractivity contribution in [2.24, 2.45) is 11.7 Å². The van der Waals surface area contributed by atoms with Gasteiger partial charge in [0.05, 0.1) is 0 Å². The van der Waals surface area contributed by atoms with Gasteiger partial charge in [0.2, 0.25) is 0 Å². The molecule has 1 fully saturated rings. The van der Waals surface area contributed by atoms with Crippen LogP contribution in [0.3, 0.4) is 0 Å². The SMILES string of the molecule is CCCC1CCC(NCCN)(C(=O)O)CC1. The van der Waals surface area contributed by atoms with E-state index in [9.17, 15) is 9.90 Å². The van der Waals surface area contributed by atoms with Crippen LogP contribution in [-0.2, 0) is 4.79 Å². The molecule has 0 spiro atoms. The molecule has 4 nitrogen and oxygen atoms in total. The minimum absolute atomic E-state index is 0.493. The molecular formula is C12H24N2O2. The molecule has 1 aliphatic rings. The van der Waals surface area contributed by atoms with Crippen molar-refractivity contribution >= 4 is 5.97 Å². The van der Waals surface area contributed by atoms with Crippen molar-refractivity contribution in [2.45, 2.75) is 51.0 Å². The van der Waals surface area contributed by atoms with E-state index in [1.807, 2.05) is 0 Å². The molecule has 0 aromatic carbocycles. The van der Waals surface area contributed by atoms with E-state index < -0.39 is 11.5 Å². The second-order valence-electron chi connectivity index (χ2n) is 4.83. The topological polar surface area (TPSA) is 75.3 Å². The third-order valence-corrected chi connectivity index (χ3v) is 3.67. The second kappa shape index (κ2) is 6.21. The van der Waals surface area contributed by atoms with Gasteiger partial charge in [-0.2, -0.15) is 0 Å². The first-order valence-corrected chi connectivity index (χ1v) is 6.33. The maximum atomic E-state index is 11.3. The number of hydrogen-bond acceptors (Lipinski definition) is 3. The highest BCUT2D eigenvalue weighted by atomic mass is 16.4. The van der Waals surface area contributed by atoms with Crippen LogP contribution in [0, 0.1) is 5.92 Å². The summed E-state index contributed by atoms with van der Waals surface area (Å²) >= 11 is 0. The number of carboxylic acids is 1. The third kappa shape index (κ3) is 3.19. The Kier molecular flexibility index (Phi) is 5.22. The van der Waals surface area contributed by atoms with Crippen molar-refractivity contribution in [3.63, 3.8) is 0 Å². The van der Waals surface area contributed by atoms with Gasteiger partial charge in [0.15, 0.2) is 0 Å². The lowest BCUT2D eigenvalue weighted by molar-refractivity contribution is -0.146. The number of nitrogens with two attached hydrogens (primary N) is 1. The Morgan fingerprint density at radius 3 is 2.56 bits per heavy atom. The zero-order valence-electron chi connectivity index (χ0n) is 10.2. The van der Waals surface area contributed by atoms with Crippen molar-refractivity contribution in [3.05, 3.63) is 0 Å². The van der Waals surface area contributed by atoms with E-state index in [4.69, 9.17) is 5.73 Å². The predicted molar refractivity (Wildman–Crippen MR) is 64.3 cm³/mol. The molecule has 0 saturated heterocycles. The zero-order valence-corrected chi connectivity index (χ0v) is 10.2. The molecule has 0 radical (unpaired) electrons. The van der Waals surface area contributed by atoms with Crippen LogP contribution in [0.25, 0.3) is 0 Å². The molecular weight excluding hydrogens is 204 g/mol. The summed E-state index contributed by atoms with van der Waals surface area (Å²) < 4.78 is 0. The van der Waals surface area contributed by atoms with Crippen LogP contribution in [0.15, 0.2) is 0 Å². The number of rotatable bonds is 6. The standard InChI is InChI=1S/C12H24N2O2/c1-2-3-10-4-6-12(7-5-10,11(15)16)14-9-8-13/h10,14H,2-9,13H2,1H3,(H,15,16). The molecule has 0 unspecified atom stereocenters. The summed E-state index contributed by atoms with van der Waals surface area (Å²) in [4.78, 5) is 11.3. The molecule has 94 valence electrons. The van der Waals surface area contributed by atoms with Gasteiger partial charge in [-0.25, -0.2) is 0 Å². The van der Waals surface area contributed by atoms with E-state index in [2.05, 4.69) is 12.2 Å². The summed E-state index contributed by atoms with van der Waals surface area (Å²) in [6, 6.07) is 0. The van der Waals surface area contributed by atoms with E-state index in [1.54, 1.807) is 0 Å². The third-order valence-electron chi connectivity index (χ3n) is 3.67. The molecule has 0 aromatic rings. The fourth-order valence-electron chi connectivity index (χ4n) is 2.65. The Morgan fingerprint density at radius 1 is 1.50 bits per heavy atom. The van der Waals surface area contributed by atoms with E-state index in [1.165, 1.54) is 12.8 Å². The van der Waals surface area contributed by atoms with E-state index in [0.29, 0.717) is 13.1 Å². The van der Waals surface area contributed by atoms with Crippen molar-refractivity contribution < 1.29 is 9.90 Å². The maximum Gasteiger partial charge on any atom is 0.323 e. The Balaban J connectivity index is 2.52. The van der Waals surface area contributed by atoms with Gasteiger partial charge in [-0.05, 0) is 31.6 Å². The van der Waals surface area contributed by atoms with E-state index >= 15 is 0 Å². The van der Waals surface area contributed by atoms with Crippen LogP contribution in [0.2, 0.25) is 0 Å². The Labute approximate surface area is 97.6 Å².